The predicted octanol–water partition coefficient (Wildman–Crippen LogP) is 3.12. The van der Waals surface area contributed by atoms with Crippen molar-refractivity contribution in [3.8, 4) is 5.75 Å². The van der Waals surface area contributed by atoms with Gasteiger partial charge in [0.15, 0.2) is 0 Å². The van der Waals surface area contributed by atoms with Crippen molar-refractivity contribution in [2.45, 2.75) is 52.1 Å². The number of para-hydroxylation sites is 1. The lowest BCUT2D eigenvalue weighted by molar-refractivity contribution is 0.265. The molecule has 3 nitrogen and oxygen atoms in total. The van der Waals surface area contributed by atoms with Crippen LogP contribution in [0.3, 0.4) is 0 Å². The van der Waals surface area contributed by atoms with Gasteiger partial charge in [-0.2, -0.15) is 0 Å². The van der Waals surface area contributed by atoms with Crippen molar-refractivity contribution in [1.82, 2.24) is 5.32 Å². The van der Waals surface area contributed by atoms with Crippen LogP contribution in [0.5, 0.6) is 5.75 Å². The summed E-state index contributed by atoms with van der Waals surface area (Å²) in [6.07, 6.45) is 2.86. The van der Waals surface area contributed by atoms with E-state index in [0.29, 0.717) is 6.61 Å². The fourth-order valence-electron chi connectivity index (χ4n) is 1.72. The molecule has 0 aliphatic heterocycles. The molecule has 19 heavy (non-hydrogen) atoms. The van der Waals surface area contributed by atoms with Crippen molar-refractivity contribution < 1.29 is 9.84 Å². The lowest BCUT2D eigenvalue weighted by Gasteiger charge is -2.21. The molecule has 1 aromatic rings. The highest BCUT2D eigenvalue weighted by atomic mass is 16.5. The van der Waals surface area contributed by atoms with Crippen LogP contribution in [0.1, 0.15) is 45.6 Å². The van der Waals surface area contributed by atoms with Gasteiger partial charge in [0.05, 0.1) is 6.61 Å². The van der Waals surface area contributed by atoms with E-state index in [4.69, 9.17) is 9.84 Å². The van der Waals surface area contributed by atoms with Gasteiger partial charge in [0.1, 0.15) is 5.75 Å². The lowest BCUT2D eigenvalue weighted by atomic mass is 10.1. The van der Waals surface area contributed by atoms with Crippen LogP contribution in [0.25, 0.3) is 0 Å². The standard InChI is InChI=1S/C16H27NO2/c1-16(2,3)17-13-14-9-5-6-10-15(14)19-12-8-4-7-11-18/h5-6,9-10,17-18H,4,7-8,11-13H2,1-3H3. The Kier molecular flexibility index (Phi) is 6.89. The van der Waals surface area contributed by atoms with E-state index in [-0.39, 0.29) is 12.1 Å². The number of aliphatic hydroxyl groups excluding tert-OH is 1. The molecular formula is C16H27NO2. The van der Waals surface area contributed by atoms with Gasteiger partial charge in [-0.05, 0) is 46.1 Å². The highest BCUT2D eigenvalue weighted by Gasteiger charge is 2.10. The van der Waals surface area contributed by atoms with Crippen molar-refractivity contribution in [2.75, 3.05) is 13.2 Å². The predicted molar refractivity (Wildman–Crippen MR) is 79.5 cm³/mol. The summed E-state index contributed by atoms with van der Waals surface area (Å²) in [4.78, 5) is 0. The van der Waals surface area contributed by atoms with Gasteiger partial charge in [0, 0.05) is 24.3 Å². The number of benzene rings is 1. The number of hydrogen-bond donors (Lipinski definition) is 2. The van der Waals surface area contributed by atoms with Gasteiger partial charge in [-0.1, -0.05) is 18.2 Å². The van der Waals surface area contributed by atoms with E-state index in [1.807, 2.05) is 18.2 Å². The number of nitrogens with one attached hydrogen (secondary N) is 1. The zero-order valence-electron chi connectivity index (χ0n) is 12.4. The summed E-state index contributed by atoms with van der Waals surface area (Å²) in [6.45, 7) is 8.27. The van der Waals surface area contributed by atoms with Gasteiger partial charge in [-0.25, -0.2) is 0 Å². The minimum Gasteiger partial charge on any atom is -0.493 e. The van der Waals surface area contributed by atoms with E-state index in [1.54, 1.807) is 0 Å². The highest BCUT2D eigenvalue weighted by molar-refractivity contribution is 5.33. The van der Waals surface area contributed by atoms with Crippen LogP contribution in [0.15, 0.2) is 24.3 Å². The van der Waals surface area contributed by atoms with Crippen LogP contribution in [0.2, 0.25) is 0 Å². The maximum Gasteiger partial charge on any atom is 0.123 e. The Balaban J connectivity index is 2.44. The van der Waals surface area contributed by atoms with E-state index in [2.05, 4.69) is 32.2 Å². The molecule has 0 fully saturated rings. The van der Waals surface area contributed by atoms with Crippen molar-refractivity contribution in [3.63, 3.8) is 0 Å². The van der Waals surface area contributed by atoms with Gasteiger partial charge in [0.25, 0.3) is 0 Å². The smallest absolute Gasteiger partial charge is 0.123 e. The third-order valence-corrected chi connectivity index (χ3v) is 2.84. The van der Waals surface area contributed by atoms with E-state index in [9.17, 15) is 0 Å². The molecule has 0 saturated carbocycles. The minimum absolute atomic E-state index is 0.105. The third-order valence-electron chi connectivity index (χ3n) is 2.84. The highest BCUT2D eigenvalue weighted by Crippen LogP contribution is 2.19. The molecule has 0 aliphatic carbocycles. The van der Waals surface area contributed by atoms with Crippen molar-refractivity contribution in [1.29, 1.82) is 0 Å². The summed E-state index contributed by atoms with van der Waals surface area (Å²) in [5.41, 5.74) is 1.30. The fraction of sp³-hybridized carbons (Fsp3) is 0.625. The first-order chi connectivity index (χ1) is 9.03. The maximum absolute atomic E-state index is 8.72. The Morgan fingerprint density at radius 3 is 2.53 bits per heavy atom. The first-order valence-electron chi connectivity index (χ1n) is 7.09. The largest absolute Gasteiger partial charge is 0.493 e. The summed E-state index contributed by atoms with van der Waals surface area (Å²) < 4.78 is 5.83. The van der Waals surface area contributed by atoms with Gasteiger partial charge < -0.3 is 15.2 Å². The van der Waals surface area contributed by atoms with Crippen LogP contribution in [-0.2, 0) is 6.54 Å². The summed E-state index contributed by atoms with van der Waals surface area (Å²) >= 11 is 0. The second-order valence-electron chi connectivity index (χ2n) is 5.84. The molecule has 0 atom stereocenters. The quantitative estimate of drug-likeness (QED) is 0.710. The molecule has 3 heteroatoms. The number of rotatable bonds is 8. The average Bonchev–Trinajstić information content (AvgIpc) is 2.36. The molecular weight excluding hydrogens is 238 g/mol. The molecule has 1 aromatic carbocycles. The molecule has 0 heterocycles. The summed E-state index contributed by atoms with van der Waals surface area (Å²) in [5.74, 6) is 0.961. The molecule has 0 saturated heterocycles. The average molecular weight is 265 g/mol. The van der Waals surface area contributed by atoms with Crippen molar-refractivity contribution >= 4 is 0 Å². The molecule has 0 amide bonds. The number of ether oxygens (including phenoxy) is 1. The SMILES string of the molecule is CC(C)(C)NCc1ccccc1OCCCCCO. The lowest BCUT2D eigenvalue weighted by Crippen LogP contribution is -2.35. The van der Waals surface area contributed by atoms with E-state index >= 15 is 0 Å². The normalized spacial score (nSPS) is 11.6. The first kappa shape index (κ1) is 16.0. The van der Waals surface area contributed by atoms with Crippen LogP contribution < -0.4 is 10.1 Å². The molecule has 2 N–H and O–H groups in total. The number of aliphatic hydroxyl groups is 1. The second-order valence-corrected chi connectivity index (χ2v) is 5.84. The number of unbranched alkanes of at least 4 members (excludes halogenated alkanes) is 2. The minimum atomic E-state index is 0.105. The Hall–Kier alpha value is -1.06. The van der Waals surface area contributed by atoms with Gasteiger partial charge in [-0.15, -0.1) is 0 Å². The zero-order valence-corrected chi connectivity index (χ0v) is 12.4. The van der Waals surface area contributed by atoms with E-state index < -0.39 is 0 Å². The Morgan fingerprint density at radius 2 is 1.84 bits per heavy atom. The fourth-order valence-corrected chi connectivity index (χ4v) is 1.72. The molecule has 1 rings (SSSR count). The third kappa shape index (κ3) is 7.19. The topological polar surface area (TPSA) is 41.5 Å². The van der Waals surface area contributed by atoms with Gasteiger partial charge >= 0.3 is 0 Å². The van der Waals surface area contributed by atoms with Crippen LogP contribution >= 0.6 is 0 Å². The molecule has 108 valence electrons. The summed E-state index contributed by atoms with van der Waals surface area (Å²) in [5, 5.41) is 12.2. The second kappa shape index (κ2) is 8.18. The Labute approximate surface area is 117 Å². The molecule has 0 radical (unpaired) electrons. The monoisotopic (exact) mass is 265 g/mol. The summed E-state index contributed by atoms with van der Waals surface area (Å²) in [7, 11) is 0. The van der Waals surface area contributed by atoms with E-state index in [1.165, 1.54) is 5.56 Å². The molecule has 0 bridgehead atoms. The molecule has 0 aliphatic rings. The number of hydrogen-bond acceptors (Lipinski definition) is 3. The van der Waals surface area contributed by atoms with Crippen molar-refractivity contribution in [3.05, 3.63) is 29.8 Å². The first-order valence-corrected chi connectivity index (χ1v) is 7.09. The molecule has 0 spiro atoms. The Morgan fingerprint density at radius 1 is 1.11 bits per heavy atom. The van der Waals surface area contributed by atoms with Gasteiger partial charge in [0.2, 0.25) is 0 Å². The zero-order chi connectivity index (χ0) is 14.1. The Bertz CT molecular complexity index is 358. The molecule has 0 unspecified atom stereocenters. The van der Waals surface area contributed by atoms with E-state index in [0.717, 1.165) is 31.6 Å². The van der Waals surface area contributed by atoms with Crippen LogP contribution in [0, 0.1) is 0 Å². The molecule has 0 aromatic heterocycles. The summed E-state index contributed by atoms with van der Waals surface area (Å²) in [6, 6.07) is 8.16. The van der Waals surface area contributed by atoms with Gasteiger partial charge in [-0.3, -0.25) is 0 Å². The van der Waals surface area contributed by atoms with Crippen LogP contribution in [0.4, 0.5) is 0 Å². The van der Waals surface area contributed by atoms with Crippen molar-refractivity contribution in [2.24, 2.45) is 0 Å². The maximum atomic E-state index is 8.72. The van der Waals surface area contributed by atoms with Crippen LogP contribution in [-0.4, -0.2) is 23.9 Å².